The number of amides is 1. The van der Waals surface area contributed by atoms with Gasteiger partial charge < -0.3 is 54.7 Å². The zero-order valence-corrected chi connectivity index (χ0v) is 32.8. The molecule has 3 heterocycles. The van der Waals surface area contributed by atoms with E-state index in [-0.39, 0.29) is 51.0 Å². The van der Waals surface area contributed by atoms with Gasteiger partial charge >= 0.3 is 11.8 Å². The number of Topliss-reactive ketones (excluding diaryl/α,β-unsaturated/α-hetero) is 1. The molecule has 0 saturated carbocycles. The van der Waals surface area contributed by atoms with Gasteiger partial charge in [0, 0.05) is 73.3 Å². The van der Waals surface area contributed by atoms with Gasteiger partial charge in [0.05, 0.1) is 41.2 Å². The summed E-state index contributed by atoms with van der Waals surface area (Å²) >= 11 is 0. The maximum atomic E-state index is 14.2. The van der Waals surface area contributed by atoms with Crippen LogP contribution < -0.4 is 10.1 Å². The van der Waals surface area contributed by atoms with Crippen molar-refractivity contribution in [3.05, 3.63) is 52.8 Å². The third-order valence-corrected chi connectivity index (χ3v) is 10.6. The molecule has 54 heavy (non-hydrogen) atoms. The summed E-state index contributed by atoms with van der Waals surface area (Å²) in [6, 6.07) is 0. The minimum Gasteiger partial charge on any atom is -0.507 e. The number of nitrogens with one attached hydrogen (secondary N) is 1. The third-order valence-electron chi connectivity index (χ3n) is 10.6. The molecule has 1 amide bonds. The predicted molar refractivity (Wildman–Crippen MR) is 201 cm³/mol. The van der Waals surface area contributed by atoms with Crippen LogP contribution in [0.5, 0.6) is 23.0 Å². The predicted octanol–water partition coefficient (Wildman–Crippen LogP) is 4.82. The van der Waals surface area contributed by atoms with E-state index in [1.54, 1.807) is 58.8 Å². The number of rotatable bonds is 4. The lowest BCUT2D eigenvalue weighted by Crippen LogP contribution is -2.46. The quantitative estimate of drug-likeness (QED) is 0.141. The Bertz CT molecular complexity index is 1880. The van der Waals surface area contributed by atoms with Crippen LogP contribution in [0.3, 0.4) is 0 Å². The zero-order chi connectivity index (χ0) is 40.6. The lowest BCUT2D eigenvalue weighted by molar-refractivity contribution is -0.160. The van der Waals surface area contributed by atoms with Gasteiger partial charge in [0.2, 0.25) is 0 Å². The number of anilines is 1. The molecule has 0 saturated heterocycles. The van der Waals surface area contributed by atoms with Gasteiger partial charge in [0.15, 0.2) is 5.75 Å². The second kappa shape index (κ2) is 16.4. The van der Waals surface area contributed by atoms with Crippen molar-refractivity contribution < 1.29 is 58.9 Å². The molecule has 6 N–H and O–H groups in total. The molecule has 0 spiro atoms. The number of methoxy groups -OCH3 is 1. The number of esters is 1. The molecule has 2 aromatic rings. The topological polar surface area (TPSA) is 205 Å². The molecule has 0 aliphatic carbocycles. The molecular formula is C40H54N2O12. The SMILES string of the molecule is CO[C@@H]1C=CO[C@@]2(C)Oc3c(C)c(O)c4c(O)c(c(CN(C)C)c(O)c4c3C2=O)NC(=O)C(C)=CC=C[C@H](C)[C@H](O)[C@H](C)[C@H](O)[C@H](C)[C@H](OC(C)=O)[C@H]1C. The summed E-state index contributed by atoms with van der Waals surface area (Å²) in [5.74, 6) is -7.98. The molecule has 296 valence electrons. The second-order valence-electron chi connectivity index (χ2n) is 14.9. The number of carbonyl (C=O) groups excluding carboxylic acids is 3. The highest BCUT2D eigenvalue weighted by Gasteiger charge is 2.50. The molecule has 5 bridgehead atoms. The summed E-state index contributed by atoms with van der Waals surface area (Å²) in [7, 11) is 4.86. The van der Waals surface area contributed by atoms with Crippen molar-refractivity contribution in [2.75, 3.05) is 26.5 Å². The molecule has 0 aromatic heterocycles. The highest BCUT2D eigenvalue weighted by molar-refractivity contribution is 6.22. The lowest BCUT2D eigenvalue weighted by atomic mass is 9.78. The van der Waals surface area contributed by atoms with Crippen LogP contribution >= 0.6 is 0 Å². The van der Waals surface area contributed by atoms with E-state index in [1.807, 2.05) is 0 Å². The minimum absolute atomic E-state index is 0.00552. The van der Waals surface area contributed by atoms with E-state index >= 15 is 0 Å². The number of aliphatic hydroxyl groups excluding tert-OH is 2. The molecule has 2 aromatic carbocycles. The molecule has 0 radical (unpaired) electrons. The maximum absolute atomic E-state index is 14.2. The fourth-order valence-corrected chi connectivity index (χ4v) is 7.26. The monoisotopic (exact) mass is 754 g/mol. The number of benzene rings is 2. The number of fused-ring (bicyclic) bond motifs is 14. The van der Waals surface area contributed by atoms with Crippen LogP contribution in [-0.2, 0) is 30.3 Å². The van der Waals surface area contributed by atoms with Gasteiger partial charge in [-0.25, -0.2) is 0 Å². The van der Waals surface area contributed by atoms with Crippen LogP contribution in [0, 0.1) is 30.6 Å². The Balaban J connectivity index is 1.96. The van der Waals surface area contributed by atoms with Crippen LogP contribution in [0.15, 0.2) is 36.1 Å². The smallest absolute Gasteiger partial charge is 0.312 e. The Morgan fingerprint density at radius 1 is 0.944 bits per heavy atom. The van der Waals surface area contributed by atoms with Crippen molar-refractivity contribution >= 4 is 34.1 Å². The average Bonchev–Trinajstić information content (AvgIpc) is 3.38. The van der Waals surface area contributed by atoms with Gasteiger partial charge in [-0.1, -0.05) is 45.9 Å². The van der Waals surface area contributed by atoms with Crippen LogP contribution in [0.2, 0.25) is 0 Å². The first-order valence-electron chi connectivity index (χ1n) is 17.9. The molecule has 14 nitrogen and oxygen atoms in total. The second-order valence-corrected chi connectivity index (χ2v) is 14.9. The molecular weight excluding hydrogens is 700 g/mol. The van der Waals surface area contributed by atoms with Gasteiger partial charge in [0.1, 0.15) is 23.4 Å². The summed E-state index contributed by atoms with van der Waals surface area (Å²) < 4.78 is 23.5. The van der Waals surface area contributed by atoms with Crippen LogP contribution in [0.4, 0.5) is 5.69 Å². The Morgan fingerprint density at radius 2 is 1.59 bits per heavy atom. The average molecular weight is 755 g/mol. The summed E-state index contributed by atoms with van der Waals surface area (Å²) in [4.78, 5) is 41.7. The van der Waals surface area contributed by atoms with Gasteiger partial charge in [0.25, 0.3) is 11.7 Å². The van der Waals surface area contributed by atoms with E-state index in [1.165, 1.54) is 53.2 Å². The first-order chi connectivity index (χ1) is 25.2. The number of allylic oxidation sites excluding steroid dienone is 2. The van der Waals surface area contributed by atoms with Crippen molar-refractivity contribution in [2.24, 2.45) is 23.7 Å². The molecule has 14 heteroatoms. The Kier molecular flexibility index (Phi) is 12.8. The zero-order valence-electron chi connectivity index (χ0n) is 32.8. The number of aliphatic hydroxyl groups is 2. The summed E-state index contributed by atoms with van der Waals surface area (Å²) in [5.41, 5.74) is 0.0370. The summed E-state index contributed by atoms with van der Waals surface area (Å²) in [6.07, 6.45) is 3.65. The Morgan fingerprint density at radius 3 is 2.19 bits per heavy atom. The van der Waals surface area contributed by atoms with E-state index < -0.39 is 88.8 Å². The van der Waals surface area contributed by atoms with E-state index in [9.17, 15) is 39.9 Å². The molecule has 5 rings (SSSR count). The van der Waals surface area contributed by atoms with Gasteiger partial charge in [-0.3, -0.25) is 14.4 Å². The maximum Gasteiger partial charge on any atom is 0.312 e. The number of aromatic hydroxyl groups is 3. The number of ketones is 1. The normalized spacial score (nSPS) is 29.6. The largest absolute Gasteiger partial charge is 0.507 e. The first-order valence-corrected chi connectivity index (χ1v) is 17.9. The molecule has 0 fully saturated rings. The van der Waals surface area contributed by atoms with E-state index in [0.717, 1.165) is 0 Å². The highest BCUT2D eigenvalue weighted by Crippen LogP contribution is 2.55. The van der Waals surface area contributed by atoms with Crippen molar-refractivity contribution in [1.29, 1.82) is 0 Å². The van der Waals surface area contributed by atoms with Gasteiger partial charge in [-0.2, -0.15) is 0 Å². The van der Waals surface area contributed by atoms with Crippen molar-refractivity contribution in [3.8, 4) is 23.0 Å². The molecule has 0 unspecified atom stereocenters. The molecule has 3 aliphatic rings. The highest BCUT2D eigenvalue weighted by atomic mass is 16.7. The minimum atomic E-state index is -2.01. The number of phenolic OH excluding ortho intramolecular Hbond substituents is 3. The first kappa shape index (κ1) is 42.1. The lowest BCUT2D eigenvalue weighted by Gasteiger charge is -2.38. The van der Waals surface area contributed by atoms with E-state index in [0.29, 0.717) is 0 Å². The number of phenols is 3. The third kappa shape index (κ3) is 7.92. The molecule has 9 atom stereocenters. The summed E-state index contributed by atoms with van der Waals surface area (Å²) in [5, 5.41) is 59.9. The number of carbonyl (C=O) groups is 3. The number of hydrogen-bond donors (Lipinski definition) is 6. The van der Waals surface area contributed by atoms with Crippen molar-refractivity contribution in [2.45, 2.75) is 92.1 Å². The van der Waals surface area contributed by atoms with Crippen LogP contribution in [-0.4, -0.2) is 99.5 Å². The summed E-state index contributed by atoms with van der Waals surface area (Å²) in [6.45, 7) is 12.6. The fourth-order valence-electron chi connectivity index (χ4n) is 7.26. The number of ether oxygens (including phenoxy) is 4. The van der Waals surface area contributed by atoms with Gasteiger partial charge in [-0.15, -0.1) is 0 Å². The molecule has 3 aliphatic heterocycles. The number of hydrogen-bond acceptors (Lipinski definition) is 13. The van der Waals surface area contributed by atoms with Gasteiger partial charge in [-0.05, 0) is 34.0 Å². The standard InChI is InChI=1S/C40H54N2O12/c1-18-13-12-14-19(2)39(50)41-30-25(17-42(9)10)34(47)27-28(35(30)48)33(46)23(6)37-29(27)38(49)40(8,54-37)52-16-15-26(51-11)20(3)36(53-24(7)43)22(5)32(45)21(4)31(18)44/h12-16,18,20-22,26,31-32,36,44-48H,17H2,1-11H3,(H,41,50)/t18-,20-,21-,22-,26+,31-,32-,36+,40-/m0/s1. The van der Waals surface area contributed by atoms with E-state index in [4.69, 9.17) is 18.9 Å². The van der Waals surface area contributed by atoms with E-state index in [2.05, 4.69) is 5.32 Å². The Hall–Kier alpha value is -4.63. The Labute approximate surface area is 315 Å². The fraction of sp³-hybridized carbons (Fsp3) is 0.525. The number of nitrogens with zero attached hydrogens (tertiary/aromatic N) is 1. The van der Waals surface area contributed by atoms with Crippen LogP contribution in [0.1, 0.15) is 70.0 Å². The van der Waals surface area contributed by atoms with Crippen molar-refractivity contribution in [1.82, 2.24) is 4.90 Å². The van der Waals surface area contributed by atoms with Crippen molar-refractivity contribution in [3.63, 3.8) is 0 Å². The van der Waals surface area contributed by atoms with Crippen LogP contribution in [0.25, 0.3) is 10.8 Å².